The van der Waals surface area contributed by atoms with Gasteiger partial charge in [-0.05, 0) is 30.3 Å². The number of carbonyl (C=O) groups excluding carboxylic acids is 1. The SMILES string of the molecule is O=C(c1n[nH]c(=O)c2ccccc12)N1CCN(c2ccc(O)cc2)CC1. The van der Waals surface area contributed by atoms with Crippen LogP contribution in [0.5, 0.6) is 5.75 Å². The van der Waals surface area contributed by atoms with Crippen molar-refractivity contribution in [3.05, 3.63) is 64.6 Å². The van der Waals surface area contributed by atoms with E-state index >= 15 is 0 Å². The number of piperazine rings is 1. The van der Waals surface area contributed by atoms with Gasteiger partial charge in [0, 0.05) is 37.3 Å². The highest BCUT2D eigenvalue weighted by molar-refractivity contribution is 6.04. The lowest BCUT2D eigenvalue weighted by atomic mass is 10.1. The molecule has 4 rings (SSSR count). The minimum atomic E-state index is -0.297. The molecule has 1 aliphatic heterocycles. The number of H-pyrrole nitrogens is 1. The molecule has 7 nitrogen and oxygen atoms in total. The molecule has 0 atom stereocenters. The third-order valence-corrected chi connectivity index (χ3v) is 4.68. The van der Waals surface area contributed by atoms with Crippen molar-refractivity contribution in [1.82, 2.24) is 15.1 Å². The van der Waals surface area contributed by atoms with E-state index in [-0.39, 0.29) is 22.9 Å². The summed E-state index contributed by atoms with van der Waals surface area (Å²) >= 11 is 0. The van der Waals surface area contributed by atoms with Crippen molar-refractivity contribution in [2.75, 3.05) is 31.1 Å². The zero-order valence-corrected chi connectivity index (χ0v) is 14.1. The van der Waals surface area contributed by atoms with Gasteiger partial charge in [-0.25, -0.2) is 5.10 Å². The van der Waals surface area contributed by atoms with Crippen molar-refractivity contribution in [3.8, 4) is 5.75 Å². The van der Waals surface area contributed by atoms with E-state index in [1.54, 1.807) is 41.3 Å². The molecule has 0 saturated carbocycles. The Bertz CT molecular complexity index is 1010. The fraction of sp³-hybridized carbons (Fsp3) is 0.211. The number of amides is 1. The van der Waals surface area contributed by atoms with Crippen molar-refractivity contribution in [2.24, 2.45) is 0 Å². The van der Waals surface area contributed by atoms with E-state index in [9.17, 15) is 14.7 Å². The molecule has 0 spiro atoms. The molecule has 26 heavy (non-hydrogen) atoms. The Balaban J connectivity index is 1.53. The van der Waals surface area contributed by atoms with E-state index in [4.69, 9.17) is 0 Å². The maximum absolute atomic E-state index is 12.9. The number of benzene rings is 2. The number of nitrogens with one attached hydrogen (secondary N) is 1. The molecule has 0 bridgehead atoms. The lowest BCUT2D eigenvalue weighted by molar-refractivity contribution is 0.0742. The number of fused-ring (bicyclic) bond motifs is 1. The van der Waals surface area contributed by atoms with Crippen LogP contribution in [0.2, 0.25) is 0 Å². The quantitative estimate of drug-likeness (QED) is 0.733. The molecule has 1 saturated heterocycles. The summed E-state index contributed by atoms with van der Waals surface area (Å²) in [6, 6.07) is 14.0. The van der Waals surface area contributed by atoms with E-state index in [2.05, 4.69) is 15.1 Å². The number of aromatic hydroxyl groups is 1. The molecule has 1 amide bonds. The minimum Gasteiger partial charge on any atom is -0.508 e. The summed E-state index contributed by atoms with van der Waals surface area (Å²) in [6.45, 7) is 2.51. The van der Waals surface area contributed by atoms with Crippen molar-refractivity contribution in [3.63, 3.8) is 0 Å². The summed E-state index contributed by atoms with van der Waals surface area (Å²) < 4.78 is 0. The van der Waals surface area contributed by atoms with Gasteiger partial charge in [-0.15, -0.1) is 0 Å². The number of nitrogens with zero attached hydrogens (tertiary/aromatic N) is 3. The van der Waals surface area contributed by atoms with Gasteiger partial charge in [0.2, 0.25) is 0 Å². The summed E-state index contributed by atoms with van der Waals surface area (Å²) in [7, 11) is 0. The maximum Gasteiger partial charge on any atom is 0.275 e. The van der Waals surface area contributed by atoms with Gasteiger partial charge in [-0.3, -0.25) is 9.59 Å². The summed E-state index contributed by atoms with van der Waals surface area (Å²) in [5.74, 6) is 0.0568. The molecule has 0 aliphatic carbocycles. The summed E-state index contributed by atoms with van der Waals surface area (Å²) in [5, 5.41) is 16.9. The molecule has 7 heteroatoms. The van der Waals surface area contributed by atoms with E-state index in [0.29, 0.717) is 37.0 Å². The molecule has 0 radical (unpaired) electrons. The largest absolute Gasteiger partial charge is 0.508 e. The van der Waals surface area contributed by atoms with Gasteiger partial charge in [0.1, 0.15) is 5.75 Å². The van der Waals surface area contributed by atoms with E-state index in [1.807, 2.05) is 12.1 Å². The number of hydrogen-bond donors (Lipinski definition) is 2. The van der Waals surface area contributed by atoms with Crippen LogP contribution in [0.15, 0.2) is 53.3 Å². The van der Waals surface area contributed by atoms with Crippen LogP contribution < -0.4 is 10.5 Å². The van der Waals surface area contributed by atoms with Crippen molar-refractivity contribution < 1.29 is 9.90 Å². The number of phenols is 1. The van der Waals surface area contributed by atoms with E-state index in [1.165, 1.54) is 0 Å². The Kier molecular flexibility index (Phi) is 4.04. The van der Waals surface area contributed by atoms with Crippen molar-refractivity contribution in [2.45, 2.75) is 0 Å². The first-order valence-corrected chi connectivity index (χ1v) is 8.44. The van der Waals surface area contributed by atoms with Crippen LogP contribution in [-0.2, 0) is 0 Å². The lowest BCUT2D eigenvalue weighted by Crippen LogP contribution is -2.49. The molecule has 2 N–H and O–H groups in total. The minimum absolute atomic E-state index is 0.178. The van der Waals surface area contributed by atoms with Crippen LogP contribution in [0.25, 0.3) is 10.8 Å². The second-order valence-electron chi connectivity index (χ2n) is 6.24. The van der Waals surface area contributed by atoms with Gasteiger partial charge in [-0.2, -0.15) is 5.10 Å². The van der Waals surface area contributed by atoms with E-state index < -0.39 is 0 Å². The van der Waals surface area contributed by atoms with Gasteiger partial charge in [0.05, 0.1) is 5.39 Å². The van der Waals surface area contributed by atoms with Crippen LogP contribution in [0.3, 0.4) is 0 Å². The number of aromatic nitrogens is 2. The zero-order chi connectivity index (χ0) is 18.1. The average molecular weight is 350 g/mol. The monoisotopic (exact) mass is 350 g/mol. The Hall–Kier alpha value is -3.35. The van der Waals surface area contributed by atoms with Gasteiger partial charge < -0.3 is 14.9 Å². The van der Waals surface area contributed by atoms with Crippen LogP contribution in [0, 0.1) is 0 Å². The number of phenolic OH excluding ortho intramolecular Hbond substituents is 1. The molecular formula is C19H18N4O3. The Morgan fingerprint density at radius 2 is 1.62 bits per heavy atom. The third-order valence-electron chi connectivity index (χ3n) is 4.68. The van der Waals surface area contributed by atoms with Crippen LogP contribution in [0.4, 0.5) is 5.69 Å². The Morgan fingerprint density at radius 1 is 0.962 bits per heavy atom. The number of carbonyl (C=O) groups is 1. The molecule has 1 aliphatic rings. The predicted molar refractivity (Wildman–Crippen MR) is 98.6 cm³/mol. The molecule has 2 aromatic carbocycles. The molecule has 1 fully saturated rings. The first-order chi connectivity index (χ1) is 12.6. The average Bonchev–Trinajstić information content (AvgIpc) is 2.69. The Morgan fingerprint density at radius 3 is 2.31 bits per heavy atom. The maximum atomic E-state index is 12.9. The highest BCUT2D eigenvalue weighted by Crippen LogP contribution is 2.21. The summed E-state index contributed by atoms with van der Waals surface area (Å²) in [4.78, 5) is 28.7. The molecular weight excluding hydrogens is 332 g/mol. The molecule has 0 unspecified atom stereocenters. The Labute approximate surface area is 149 Å². The second-order valence-corrected chi connectivity index (χ2v) is 6.24. The highest BCUT2D eigenvalue weighted by atomic mass is 16.3. The van der Waals surface area contributed by atoms with Gasteiger partial charge in [0.15, 0.2) is 5.69 Å². The van der Waals surface area contributed by atoms with Crippen molar-refractivity contribution >= 4 is 22.4 Å². The van der Waals surface area contributed by atoms with Crippen molar-refractivity contribution in [1.29, 1.82) is 0 Å². The third kappa shape index (κ3) is 2.88. The number of rotatable bonds is 2. The number of anilines is 1. The van der Waals surface area contributed by atoms with Crippen LogP contribution in [0.1, 0.15) is 10.5 Å². The first-order valence-electron chi connectivity index (χ1n) is 8.44. The first kappa shape index (κ1) is 16.1. The fourth-order valence-corrected chi connectivity index (χ4v) is 3.26. The molecule has 2 heterocycles. The molecule has 3 aromatic rings. The lowest BCUT2D eigenvalue weighted by Gasteiger charge is -2.36. The predicted octanol–water partition coefficient (Wildman–Crippen LogP) is 1.59. The smallest absolute Gasteiger partial charge is 0.275 e. The van der Waals surface area contributed by atoms with Gasteiger partial charge >= 0.3 is 0 Å². The highest BCUT2D eigenvalue weighted by Gasteiger charge is 2.25. The summed E-state index contributed by atoms with van der Waals surface area (Å²) in [6.07, 6.45) is 0. The van der Waals surface area contributed by atoms with Gasteiger partial charge in [-0.1, -0.05) is 18.2 Å². The van der Waals surface area contributed by atoms with Gasteiger partial charge in [0.25, 0.3) is 11.5 Å². The fourth-order valence-electron chi connectivity index (χ4n) is 3.26. The van der Waals surface area contributed by atoms with E-state index in [0.717, 1.165) is 5.69 Å². The second kappa shape index (κ2) is 6.51. The van der Waals surface area contributed by atoms with Crippen LogP contribution in [-0.4, -0.2) is 52.3 Å². The molecule has 132 valence electrons. The standard InChI is InChI=1S/C19H18N4O3/c24-14-7-5-13(6-8-14)22-9-11-23(12-10-22)19(26)17-15-3-1-2-4-16(15)18(25)21-20-17/h1-8,24H,9-12H2,(H,21,25). The van der Waals surface area contributed by atoms with Crippen LogP contribution >= 0.6 is 0 Å². The topological polar surface area (TPSA) is 89.5 Å². The normalized spacial score (nSPS) is 14.6. The number of aromatic amines is 1. The number of hydrogen-bond acceptors (Lipinski definition) is 5. The zero-order valence-electron chi connectivity index (χ0n) is 14.1. The summed E-state index contributed by atoms with van der Waals surface area (Å²) in [5.41, 5.74) is 0.995. The molecule has 1 aromatic heterocycles.